The van der Waals surface area contributed by atoms with Crippen molar-refractivity contribution in [3.8, 4) is 5.69 Å². The molecule has 0 amide bonds. The Morgan fingerprint density at radius 1 is 1.31 bits per heavy atom. The Labute approximate surface area is 84.1 Å². The maximum atomic E-state index is 5.90. The SMILES string of the molecule is Clc1ccc(-n2[c]nnn2)c(Cl)c1. The van der Waals surface area contributed by atoms with Crippen molar-refractivity contribution in [2.45, 2.75) is 0 Å². The lowest BCUT2D eigenvalue weighted by Crippen LogP contribution is -1.95. The molecule has 2 rings (SSSR count). The summed E-state index contributed by atoms with van der Waals surface area (Å²) < 4.78 is 1.35. The maximum Gasteiger partial charge on any atom is 0.226 e. The molecule has 6 heteroatoms. The molecular weight excluding hydrogens is 211 g/mol. The van der Waals surface area contributed by atoms with Gasteiger partial charge in [-0.1, -0.05) is 23.2 Å². The second-order valence-electron chi connectivity index (χ2n) is 2.29. The van der Waals surface area contributed by atoms with Gasteiger partial charge in [-0.15, -0.1) is 5.10 Å². The number of rotatable bonds is 1. The Morgan fingerprint density at radius 2 is 2.15 bits per heavy atom. The van der Waals surface area contributed by atoms with Crippen molar-refractivity contribution in [3.63, 3.8) is 0 Å². The Hall–Kier alpha value is -1.13. The van der Waals surface area contributed by atoms with Crippen LogP contribution < -0.4 is 0 Å². The van der Waals surface area contributed by atoms with Crippen LogP contribution in [0, 0.1) is 6.33 Å². The predicted molar refractivity (Wildman–Crippen MR) is 48.0 cm³/mol. The van der Waals surface area contributed by atoms with Crippen molar-refractivity contribution in [2.75, 3.05) is 0 Å². The summed E-state index contributed by atoms with van der Waals surface area (Å²) in [4.78, 5) is 0. The van der Waals surface area contributed by atoms with Crippen LogP contribution in [0.15, 0.2) is 18.2 Å². The molecular formula is C7H3Cl2N4. The number of nitrogens with zero attached hydrogens (tertiary/aromatic N) is 4. The van der Waals surface area contributed by atoms with E-state index in [1.807, 2.05) is 0 Å². The van der Waals surface area contributed by atoms with Crippen LogP contribution in [0.3, 0.4) is 0 Å². The lowest BCUT2D eigenvalue weighted by atomic mass is 10.3. The molecule has 0 N–H and O–H groups in total. The standard InChI is InChI=1S/C7H3Cl2N4/c8-5-1-2-7(6(9)3-5)13-4-10-11-12-13/h1-3H. The third-order valence-corrected chi connectivity index (χ3v) is 1.99. The number of aromatic nitrogens is 4. The summed E-state index contributed by atoms with van der Waals surface area (Å²) in [6.07, 6.45) is 2.53. The van der Waals surface area contributed by atoms with Crippen LogP contribution in [-0.2, 0) is 0 Å². The minimum atomic E-state index is 0.482. The van der Waals surface area contributed by atoms with Gasteiger partial charge in [0.1, 0.15) is 0 Å². The van der Waals surface area contributed by atoms with Crippen LogP contribution >= 0.6 is 23.2 Å². The van der Waals surface area contributed by atoms with E-state index in [0.717, 1.165) is 0 Å². The van der Waals surface area contributed by atoms with E-state index in [1.165, 1.54) is 4.68 Å². The summed E-state index contributed by atoms with van der Waals surface area (Å²) in [6.45, 7) is 0. The number of tetrazole rings is 1. The average molecular weight is 214 g/mol. The van der Waals surface area contributed by atoms with E-state index in [1.54, 1.807) is 18.2 Å². The van der Waals surface area contributed by atoms with E-state index in [4.69, 9.17) is 23.2 Å². The van der Waals surface area contributed by atoms with Crippen molar-refractivity contribution in [2.24, 2.45) is 0 Å². The van der Waals surface area contributed by atoms with Gasteiger partial charge in [0.25, 0.3) is 0 Å². The van der Waals surface area contributed by atoms with E-state index >= 15 is 0 Å². The minimum Gasteiger partial charge on any atom is -0.188 e. The molecule has 1 heterocycles. The van der Waals surface area contributed by atoms with E-state index < -0.39 is 0 Å². The largest absolute Gasteiger partial charge is 0.226 e. The molecule has 0 spiro atoms. The molecule has 1 aromatic heterocycles. The molecule has 0 bridgehead atoms. The molecule has 0 saturated heterocycles. The Kier molecular flexibility index (Phi) is 2.16. The summed E-state index contributed by atoms with van der Waals surface area (Å²) >= 11 is 11.6. The van der Waals surface area contributed by atoms with Crippen molar-refractivity contribution in [1.82, 2.24) is 20.2 Å². The molecule has 0 unspecified atom stereocenters. The van der Waals surface area contributed by atoms with Crippen molar-refractivity contribution < 1.29 is 0 Å². The fraction of sp³-hybridized carbons (Fsp3) is 0. The highest BCUT2D eigenvalue weighted by Gasteiger charge is 2.04. The summed E-state index contributed by atoms with van der Waals surface area (Å²) in [6, 6.07) is 5.05. The monoisotopic (exact) mass is 213 g/mol. The number of benzene rings is 1. The maximum absolute atomic E-state index is 5.90. The summed E-state index contributed by atoms with van der Waals surface area (Å²) in [5, 5.41) is 11.5. The van der Waals surface area contributed by atoms with Gasteiger partial charge in [-0.2, -0.15) is 4.68 Å². The van der Waals surface area contributed by atoms with Gasteiger partial charge in [0, 0.05) is 5.02 Å². The first kappa shape index (κ1) is 8.47. The molecule has 13 heavy (non-hydrogen) atoms. The zero-order valence-corrected chi connectivity index (χ0v) is 7.79. The first-order valence-electron chi connectivity index (χ1n) is 3.39. The second-order valence-corrected chi connectivity index (χ2v) is 3.13. The minimum absolute atomic E-state index is 0.482. The summed E-state index contributed by atoms with van der Waals surface area (Å²) in [7, 11) is 0. The Balaban J connectivity index is 2.53. The van der Waals surface area contributed by atoms with Crippen molar-refractivity contribution >= 4 is 23.2 Å². The zero-order chi connectivity index (χ0) is 9.26. The van der Waals surface area contributed by atoms with Gasteiger partial charge in [-0.25, -0.2) is 0 Å². The van der Waals surface area contributed by atoms with Gasteiger partial charge in [0.05, 0.1) is 10.7 Å². The zero-order valence-electron chi connectivity index (χ0n) is 6.28. The molecule has 1 aromatic carbocycles. The highest BCUT2D eigenvalue weighted by molar-refractivity contribution is 6.35. The predicted octanol–water partition coefficient (Wildman–Crippen LogP) is 1.77. The van der Waals surface area contributed by atoms with Gasteiger partial charge in [-0.3, -0.25) is 0 Å². The molecule has 4 nitrogen and oxygen atoms in total. The number of hydrogen-bond donors (Lipinski definition) is 0. The van der Waals surface area contributed by atoms with E-state index in [2.05, 4.69) is 21.9 Å². The second kappa shape index (κ2) is 3.32. The van der Waals surface area contributed by atoms with E-state index in [-0.39, 0.29) is 0 Å². The van der Waals surface area contributed by atoms with Gasteiger partial charge < -0.3 is 0 Å². The smallest absolute Gasteiger partial charge is 0.188 e. The summed E-state index contributed by atoms with van der Waals surface area (Å²) in [5.41, 5.74) is 0.649. The molecule has 65 valence electrons. The van der Waals surface area contributed by atoms with Crippen molar-refractivity contribution in [3.05, 3.63) is 34.6 Å². The molecule has 0 atom stereocenters. The normalized spacial score (nSPS) is 10.3. The number of hydrogen-bond acceptors (Lipinski definition) is 3. The van der Waals surface area contributed by atoms with Gasteiger partial charge in [-0.05, 0) is 28.6 Å². The first-order chi connectivity index (χ1) is 6.27. The van der Waals surface area contributed by atoms with Gasteiger partial charge >= 0.3 is 0 Å². The van der Waals surface area contributed by atoms with Gasteiger partial charge in [0.2, 0.25) is 6.33 Å². The molecule has 2 aromatic rings. The van der Waals surface area contributed by atoms with Crippen LogP contribution in [0.25, 0.3) is 5.69 Å². The fourth-order valence-corrected chi connectivity index (χ4v) is 1.39. The van der Waals surface area contributed by atoms with E-state index in [9.17, 15) is 0 Å². The molecule has 0 aliphatic heterocycles. The number of halogens is 2. The molecule has 0 saturated carbocycles. The van der Waals surface area contributed by atoms with Gasteiger partial charge in [0.15, 0.2) is 0 Å². The molecule has 0 aliphatic carbocycles. The third-order valence-electron chi connectivity index (χ3n) is 1.45. The third kappa shape index (κ3) is 1.64. The lowest BCUT2D eigenvalue weighted by molar-refractivity contribution is 0.787. The fourth-order valence-electron chi connectivity index (χ4n) is 0.897. The summed E-state index contributed by atoms with van der Waals surface area (Å²) in [5.74, 6) is 0. The highest BCUT2D eigenvalue weighted by atomic mass is 35.5. The quantitative estimate of drug-likeness (QED) is 0.726. The average Bonchev–Trinajstić information content (AvgIpc) is 2.56. The molecule has 0 aliphatic rings. The van der Waals surface area contributed by atoms with Crippen LogP contribution in [-0.4, -0.2) is 20.2 Å². The van der Waals surface area contributed by atoms with Crippen molar-refractivity contribution in [1.29, 1.82) is 0 Å². The first-order valence-corrected chi connectivity index (χ1v) is 4.14. The Morgan fingerprint density at radius 3 is 2.77 bits per heavy atom. The van der Waals surface area contributed by atoms with Crippen LogP contribution in [0.5, 0.6) is 0 Å². The molecule has 1 radical (unpaired) electrons. The molecule has 0 fully saturated rings. The van der Waals surface area contributed by atoms with Crippen LogP contribution in [0.2, 0.25) is 10.0 Å². The van der Waals surface area contributed by atoms with Crippen LogP contribution in [0.1, 0.15) is 0 Å². The lowest BCUT2D eigenvalue weighted by Gasteiger charge is -2.00. The Bertz CT molecular complexity index is 412. The van der Waals surface area contributed by atoms with Crippen LogP contribution in [0.4, 0.5) is 0 Å². The highest BCUT2D eigenvalue weighted by Crippen LogP contribution is 2.22. The topological polar surface area (TPSA) is 43.6 Å². The van der Waals surface area contributed by atoms with E-state index in [0.29, 0.717) is 15.7 Å².